The number of carbonyl (C=O) groups excluding carboxylic acids is 1. The van der Waals surface area contributed by atoms with Gasteiger partial charge in [0.15, 0.2) is 0 Å². The number of anilines is 1. The van der Waals surface area contributed by atoms with Gasteiger partial charge >= 0.3 is 24.6 Å². The third-order valence-corrected chi connectivity index (χ3v) is 6.84. The molecule has 16 heteroatoms. The molecule has 0 bridgehead atoms. The van der Waals surface area contributed by atoms with E-state index in [9.17, 15) is 49.1 Å². The maximum Gasteiger partial charge on any atom is 0.410 e. The molecule has 0 spiro atoms. The smallest absolute Gasteiger partial charge is 0.410 e. The molecule has 1 aromatic rings. The number of alkyl halides is 9. The van der Waals surface area contributed by atoms with Crippen LogP contribution in [0.2, 0.25) is 0 Å². The van der Waals surface area contributed by atoms with Crippen LogP contribution in [0.5, 0.6) is 0 Å². The lowest BCUT2D eigenvalue weighted by molar-refractivity contribution is -0.186. The highest BCUT2D eigenvalue weighted by atomic mass is 19.4. The maximum absolute atomic E-state index is 13.1. The number of nitrogens with two attached hydrogens (primary N) is 1. The minimum absolute atomic E-state index is 0.0120. The van der Waals surface area contributed by atoms with Gasteiger partial charge < -0.3 is 15.4 Å². The van der Waals surface area contributed by atoms with Crippen molar-refractivity contribution in [1.82, 2.24) is 14.5 Å². The molecule has 2 aliphatic rings. The minimum atomic E-state index is -4.66. The van der Waals surface area contributed by atoms with Crippen molar-refractivity contribution in [3.05, 3.63) is 21.6 Å². The molecule has 1 amide bonds. The molecule has 3 rings (SSSR count). The van der Waals surface area contributed by atoms with E-state index in [-0.39, 0.29) is 56.5 Å². The van der Waals surface area contributed by atoms with Gasteiger partial charge in [-0.25, -0.2) is 9.78 Å². The molecule has 1 aliphatic carbocycles. The van der Waals surface area contributed by atoms with Gasteiger partial charge in [-0.1, -0.05) is 0 Å². The first kappa shape index (κ1) is 29.9. The fraction of sp³-hybridized carbons (Fsp3) is 0.773. The van der Waals surface area contributed by atoms with E-state index in [2.05, 4.69) is 4.98 Å². The van der Waals surface area contributed by atoms with Crippen molar-refractivity contribution in [1.29, 1.82) is 0 Å². The molecule has 0 unspecified atom stereocenters. The summed E-state index contributed by atoms with van der Waals surface area (Å²) in [6.45, 7) is -0.331. The summed E-state index contributed by atoms with van der Waals surface area (Å²) in [5.41, 5.74) is 4.97. The van der Waals surface area contributed by atoms with E-state index >= 15 is 0 Å². The predicted octanol–water partition coefficient (Wildman–Crippen LogP) is 5.67. The number of fused-ring (bicyclic) bond motifs is 1. The first-order valence-corrected chi connectivity index (χ1v) is 12.0. The summed E-state index contributed by atoms with van der Waals surface area (Å²) in [6, 6.07) is -1.50. The molecule has 2 N–H and O–H groups in total. The molecular formula is C22H27F9N4O3. The van der Waals surface area contributed by atoms with Gasteiger partial charge in [-0.3, -0.25) is 9.36 Å². The Kier molecular flexibility index (Phi) is 8.81. The number of hydrogen-bond donors (Lipinski definition) is 1. The fourth-order valence-corrected chi connectivity index (χ4v) is 4.82. The van der Waals surface area contributed by atoms with Crippen LogP contribution in [0.25, 0.3) is 0 Å². The molecule has 1 aromatic heterocycles. The molecule has 1 saturated carbocycles. The van der Waals surface area contributed by atoms with E-state index in [0.29, 0.717) is 4.57 Å². The summed E-state index contributed by atoms with van der Waals surface area (Å²) in [5, 5.41) is 0. The Morgan fingerprint density at radius 3 is 2.03 bits per heavy atom. The highest BCUT2D eigenvalue weighted by molar-refractivity contribution is 5.68. The van der Waals surface area contributed by atoms with Crippen LogP contribution >= 0.6 is 0 Å². The molecule has 7 nitrogen and oxygen atoms in total. The lowest BCUT2D eigenvalue weighted by Crippen LogP contribution is -2.43. The van der Waals surface area contributed by atoms with Gasteiger partial charge in [-0.2, -0.15) is 39.5 Å². The normalized spacial score (nSPS) is 20.9. The van der Waals surface area contributed by atoms with Gasteiger partial charge in [-0.15, -0.1) is 0 Å². The van der Waals surface area contributed by atoms with E-state index in [1.54, 1.807) is 0 Å². The molecular weight excluding hydrogens is 539 g/mol. The number of aromatic nitrogens is 2. The van der Waals surface area contributed by atoms with Gasteiger partial charge in [0.1, 0.15) is 6.10 Å². The zero-order valence-corrected chi connectivity index (χ0v) is 20.1. The Morgan fingerprint density at radius 2 is 1.53 bits per heavy atom. The predicted molar refractivity (Wildman–Crippen MR) is 115 cm³/mol. The molecule has 1 aliphatic heterocycles. The van der Waals surface area contributed by atoms with E-state index < -0.39 is 79.9 Å². The number of hydrogen-bond acceptors (Lipinski definition) is 5. The van der Waals surface area contributed by atoms with Crippen LogP contribution in [0, 0.1) is 5.92 Å². The quantitative estimate of drug-likeness (QED) is 0.449. The number of nitrogens with zero attached hydrogens (tertiary/aromatic N) is 3. The van der Waals surface area contributed by atoms with Crippen molar-refractivity contribution in [3.63, 3.8) is 0 Å². The van der Waals surface area contributed by atoms with Crippen molar-refractivity contribution < 1.29 is 49.0 Å². The molecule has 38 heavy (non-hydrogen) atoms. The fourth-order valence-electron chi connectivity index (χ4n) is 4.82. The van der Waals surface area contributed by atoms with Crippen LogP contribution in [0.3, 0.4) is 0 Å². The van der Waals surface area contributed by atoms with Crippen LogP contribution in [0.1, 0.15) is 68.7 Å². The number of carbonyl (C=O) groups is 1. The van der Waals surface area contributed by atoms with Crippen molar-refractivity contribution >= 4 is 12.0 Å². The van der Waals surface area contributed by atoms with Crippen molar-refractivity contribution in [3.8, 4) is 0 Å². The number of rotatable bonds is 6. The van der Waals surface area contributed by atoms with Gasteiger partial charge in [-0.05, 0) is 44.9 Å². The van der Waals surface area contributed by atoms with Crippen LogP contribution in [0.4, 0.5) is 50.3 Å². The number of ether oxygens (including phenoxy) is 1. The minimum Gasteiger partial charge on any atom is -0.446 e. The van der Waals surface area contributed by atoms with Gasteiger partial charge in [0.25, 0.3) is 5.56 Å². The lowest BCUT2D eigenvalue weighted by Gasteiger charge is -2.33. The first-order valence-electron chi connectivity index (χ1n) is 12.0. The Labute approximate surface area is 211 Å². The van der Waals surface area contributed by atoms with Gasteiger partial charge in [0.05, 0.1) is 18.2 Å². The van der Waals surface area contributed by atoms with E-state index in [0.717, 1.165) is 0 Å². The number of nitrogen functional groups attached to an aromatic ring is 1. The summed E-state index contributed by atoms with van der Waals surface area (Å²) in [5.74, 6) is -2.03. The van der Waals surface area contributed by atoms with E-state index in [1.807, 2.05) is 0 Å². The van der Waals surface area contributed by atoms with Gasteiger partial charge in [0.2, 0.25) is 5.95 Å². The highest BCUT2D eigenvalue weighted by Crippen LogP contribution is 2.38. The second-order valence-electron chi connectivity index (χ2n) is 9.60. The van der Waals surface area contributed by atoms with E-state index in [4.69, 9.17) is 10.5 Å². The van der Waals surface area contributed by atoms with Crippen LogP contribution in [-0.4, -0.2) is 51.7 Å². The average molecular weight is 566 g/mol. The standard InChI is InChI=1S/C22H27F9N4O3/c23-20(24,25)8-5-13(6-9-21(26,27)28)35-17(36)15-7-10-34(11-16(15)33-18(35)32)19(37)38-14-3-1-12(2-4-14)22(29,30)31/h12-14H,1-11H2,(H2,32,33). The Hall–Kier alpha value is -2.68. The maximum atomic E-state index is 13.1. The second-order valence-corrected chi connectivity index (χ2v) is 9.60. The first-order chi connectivity index (χ1) is 17.4. The van der Waals surface area contributed by atoms with Crippen LogP contribution in [0.15, 0.2) is 4.79 Å². The van der Waals surface area contributed by atoms with Crippen molar-refractivity contribution in [2.75, 3.05) is 12.3 Å². The lowest BCUT2D eigenvalue weighted by atomic mass is 9.87. The molecule has 2 heterocycles. The largest absolute Gasteiger partial charge is 0.446 e. The second kappa shape index (κ2) is 11.2. The topological polar surface area (TPSA) is 90.5 Å². The molecule has 0 radical (unpaired) electrons. The molecule has 0 atom stereocenters. The van der Waals surface area contributed by atoms with Crippen molar-refractivity contribution in [2.24, 2.45) is 5.92 Å². The van der Waals surface area contributed by atoms with Crippen molar-refractivity contribution in [2.45, 2.75) is 95.0 Å². The highest BCUT2D eigenvalue weighted by Gasteiger charge is 2.42. The zero-order valence-electron chi connectivity index (χ0n) is 20.1. The van der Waals surface area contributed by atoms with Crippen LogP contribution < -0.4 is 11.3 Å². The monoisotopic (exact) mass is 566 g/mol. The average Bonchev–Trinajstić information content (AvgIpc) is 2.78. The zero-order chi connectivity index (χ0) is 28.5. The Bertz CT molecular complexity index is 1030. The summed E-state index contributed by atoms with van der Waals surface area (Å²) >= 11 is 0. The van der Waals surface area contributed by atoms with Crippen LogP contribution in [-0.2, 0) is 17.7 Å². The molecule has 0 aromatic carbocycles. The Morgan fingerprint density at radius 1 is 0.974 bits per heavy atom. The Balaban J connectivity index is 1.72. The molecule has 0 saturated heterocycles. The molecule has 1 fully saturated rings. The number of amides is 1. The third-order valence-electron chi connectivity index (χ3n) is 6.84. The number of halogens is 9. The van der Waals surface area contributed by atoms with E-state index in [1.165, 1.54) is 4.90 Å². The summed E-state index contributed by atoms with van der Waals surface area (Å²) in [4.78, 5) is 30.8. The summed E-state index contributed by atoms with van der Waals surface area (Å²) in [6.07, 6.45) is -20.0. The third kappa shape index (κ3) is 7.91. The summed E-state index contributed by atoms with van der Waals surface area (Å²) in [7, 11) is 0. The summed E-state index contributed by atoms with van der Waals surface area (Å²) < 4.78 is 121. The van der Waals surface area contributed by atoms with Gasteiger partial charge in [0, 0.05) is 31.0 Å². The molecule has 216 valence electrons. The SMILES string of the molecule is Nc1nc2c(c(=O)n1C(CCC(F)(F)F)CCC(F)(F)F)CCN(C(=O)OC1CCC(C(F)(F)F)CC1)C2.